The molecule has 22 heavy (non-hydrogen) atoms. The number of nitrogens with one attached hydrogen (secondary N) is 1. The monoisotopic (exact) mass is 336 g/mol. The highest BCUT2D eigenvalue weighted by Crippen LogP contribution is 2.37. The van der Waals surface area contributed by atoms with Gasteiger partial charge in [-0.1, -0.05) is 30.7 Å². The molecule has 0 amide bonds. The summed E-state index contributed by atoms with van der Waals surface area (Å²) < 4.78 is 28.8. The summed E-state index contributed by atoms with van der Waals surface area (Å²) >= 11 is 6.23. The molecule has 3 rings (SSSR count). The summed E-state index contributed by atoms with van der Waals surface area (Å²) in [4.78, 5) is 4.25. The second-order valence-electron chi connectivity index (χ2n) is 4.54. The van der Waals surface area contributed by atoms with Crippen LogP contribution in [0.2, 0.25) is 5.02 Å². The zero-order valence-corrected chi connectivity index (χ0v) is 13.3. The number of hydrazine groups is 1. The number of sulfonamides is 1. The Morgan fingerprint density at radius 1 is 1.23 bits per heavy atom. The van der Waals surface area contributed by atoms with Crippen molar-refractivity contribution in [2.45, 2.75) is 11.8 Å². The Labute approximate surface area is 133 Å². The molecule has 0 atom stereocenters. The number of fused-ring (bicyclic) bond motifs is 1. The normalized spacial score (nSPS) is 16.1. The number of rotatable bonds is 3. The quantitative estimate of drug-likeness (QED) is 0.930. The number of para-hydroxylation sites is 1. The minimum Gasteiger partial charge on any atom is -0.254 e. The van der Waals surface area contributed by atoms with Gasteiger partial charge in [-0.2, -0.15) is 8.42 Å². The van der Waals surface area contributed by atoms with Gasteiger partial charge in [-0.3, -0.25) is 9.99 Å². The van der Waals surface area contributed by atoms with E-state index in [9.17, 15) is 8.42 Å². The van der Waals surface area contributed by atoms with Crippen molar-refractivity contribution in [3.8, 4) is 0 Å². The van der Waals surface area contributed by atoms with E-state index in [1.807, 2.05) is 6.92 Å². The summed E-state index contributed by atoms with van der Waals surface area (Å²) in [5.74, 6) is 0.197. The Bertz CT molecular complexity index is 837. The fourth-order valence-electron chi connectivity index (χ4n) is 2.20. The molecule has 0 saturated heterocycles. The van der Waals surface area contributed by atoms with Gasteiger partial charge in [-0.15, -0.1) is 4.40 Å². The number of hydrogen-bond donors (Lipinski definition) is 1. The van der Waals surface area contributed by atoms with Crippen molar-refractivity contribution in [1.82, 2.24) is 10.4 Å². The Kier molecular flexibility index (Phi) is 3.86. The van der Waals surface area contributed by atoms with Crippen LogP contribution in [-0.4, -0.2) is 25.8 Å². The van der Waals surface area contributed by atoms with Crippen LogP contribution in [0.3, 0.4) is 0 Å². The third-order valence-electron chi connectivity index (χ3n) is 3.08. The van der Waals surface area contributed by atoms with Crippen LogP contribution in [0.4, 0.5) is 5.69 Å². The maximum Gasteiger partial charge on any atom is 0.286 e. The molecule has 1 aromatic heterocycles. The van der Waals surface area contributed by atoms with Crippen LogP contribution in [0.25, 0.3) is 0 Å². The summed E-state index contributed by atoms with van der Waals surface area (Å²) in [6, 6.07) is 9.93. The first-order chi connectivity index (χ1) is 10.5. The van der Waals surface area contributed by atoms with Crippen molar-refractivity contribution in [2.24, 2.45) is 4.40 Å². The highest BCUT2D eigenvalue weighted by Gasteiger charge is 2.33. The van der Waals surface area contributed by atoms with E-state index in [0.717, 1.165) is 0 Å². The summed E-state index contributed by atoms with van der Waals surface area (Å²) in [7, 11) is -3.83. The van der Waals surface area contributed by atoms with Gasteiger partial charge in [0, 0.05) is 12.7 Å². The molecule has 114 valence electrons. The molecule has 0 radical (unpaired) electrons. The number of anilines is 1. The van der Waals surface area contributed by atoms with Gasteiger partial charge in [0.15, 0.2) is 5.84 Å². The smallest absolute Gasteiger partial charge is 0.254 e. The van der Waals surface area contributed by atoms with Gasteiger partial charge >= 0.3 is 0 Å². The van der Waals surface area contributed by atoms with Crippen molar-refractivity contribution in [3.05, 3.63) is 53.3 Å². The maximum atomic E-state index is 12.4. The third-order valence-corrected chi connectivity index (χ3v) is 4.68. The highest BCUT2D eigenvalue weighted by atomic mass is 35.5. The average molecular weight is 337 g/mol. The van der Waals surface area contributed by atoms with Gasteiger partial charge in [-0.05, 0) is 24.3 Å². The first-order valence-electron chi connectivity index (χ1n) is 6.63. The first kappa shape index (κ1) is 15.0. The molecule has 0 saturated carbocycles. The number of hydrogen-bond acceptors (Lipinski definition) is 5. The lowest BCUT2D eigenvalue weighted by Gasteiger charge is -2.31. The van der Waals surface area contributed by atoms with Crippen molar-refractivity contribution < 1.29 is 8.42 Å². The molecule has 1 aliphatic rings. The van der Waals surface area contributed by atoms with E-state index in [0.29, 0.717) is 22.9 Å². The molecule has 0 unspecified atom stereocenters. The van der Waals surface area contributed by atoms with E-state index in [1.165, 1.54) is 6.07 Å². The van der Waals surface area contributed by atoms with Gasteiger partial charge in [-0.25, -0.2) is 5.43 Å². The molecule has 2 heterocycles. The fraction of sp³-hybridized carbons (Fsp3) is 0.143. The van der Waals surface area contributed by atoms with Crippen LogP contribution in [0.5, 0.6) is 0 Å². The molecular weight excluding hydrogens is 324 g/mol. The summed E-state index contributed by atoms with van der Waals surface area (Å²) in [5, 5.41) is 1.89. The molecule has 2 aromatic rings. The zero-order valence-electron chi connectivity index (χ0n) is 11.7. The molecule has 0 aliphatic carbocycles. The molecule has 1 aromatic carbocycles. The lowest BCUT2D eigenvalue weighted by Crippen LogP contribution is -2.46. The summed E-state index contributed by atoms with van der Waals surface area (Å²) in [6.07, 6.45) is 1.58. The van der Waals surface area contributed by atoms with Crippen LogP contribution in [0.15, 0.2) is 51.9 Å². The second kappa shape index (κ2) is 5.68. The van der Waals surface area contributed by atoms with Crippen LogP contribution >= 0.6 is 11.6 Å². The molecular formula is C14H13ClN4O2S. The van der Waals surface area contributed by atoms with Crippen LogP contribution in [0.1, 0.15) is 12.6 Å². The minimum absolute atomic E-state index is 0.0700. The van der Waals surface area contributed by atoms with Gasteiger partial charge in [0.25, 0.3) is 10.0 Å². The molecule has 1 N–H and O–H groups in total. The van der Waals surface area contributed by atoms with E-state index >= 15 is 0 Å². The number of amidine groups is 1. The zero-order chi connectivity index (χ0) is 15.7. The van der Waals surface area contributed by atoms with Gasteiger partial charge < -0.3 is 0 Å². The van der Waals surface area contributed by atoms with Crippen LogP contribution in [0, 0.1) is 0 Å². The topological polar surface area (TPSA) is 74.7 Å². The van der Waals surface area contributed by atoms with E-state index < -0.39 is 10.0 Å². The van der Waals surface area contributed by atoms with Gasteiger partial charge in [0.05, 0.1) is 10.7 Å². The minimum atomic E-state index is -3.83. The summed E-state index contributed by atoms with van der Waals surface area (Å²) in [5.41, 5.74) is 3.89. The Balaban J connectivity index is 2.27. The first-order valence-corrected chi connectivity index (χ1v) is 8.45. The predicted molar refractivity (Wildman–Crippen MR) is 85.6 cm³/mol. The standard InChI is InChI=1S/C14H13ClN4O2S/c1-2-17-19-13-10(15)6-5-8-12(13)22(20,21)18-14(19)11-7-3-4-9-16-11/h3-9,17H,2H2,1H3. The second-order valence-corrected chi connectivity index (χ2v) is 6.52. The Morgan fingerprint density at radius 2 is 2.05 bits per heavy atom. The number of halogens is 1. The molecule has 6 nitrogen and oxygen atoms in total. The molecule has 8 heteroatoms. The van der Waals surface area contributed by atoms with E-state index in [1.54, 1.807) is 41.5 Å². The van der Waals surface area contributed by atoms with Crippen LogP contribution in [-0.2, 0) is 10.0 Å². The van der Waals surface area contributed by atoms with E-state index in [4.69, 9.17) is 11.6 Å². The summed E-state index contributed by atoms with van der Waals surface area (Å²) in [6.45, 7) is 2.46. The lowest BCUT2D eigenvalue weighted by atomic mass is 10.2. The van der Waals surface area contributed by atoms with Crippen LogP contribution < -0.4 is 10.4 Å². The predicted octanol–water partition coefficient (Wildman–Crippen LogP) is 2.21. The van der Waals surface area contributed by atoms with E-state index in [-0.39, 0.29) is 10.7 Å². The molecule has 0 fully saturated rings. The number of pyridine rings is 1. The van der Waals surface area contributed by atoms with Gasteiger partial charge in [0.2, 0.25) is 0 Å². The Hall–Kier alpha value is -1.96. The lowest BCUT2D eigenvalue weighted by molar-refractivity contribution is 0.595. The fourth-order valence-corrected chi connectivity index (χ4v) is 3.71. The van der Waals surface area contributed by atoms with Gasteiger partial charge in [0.1, 0.15) is 10.6 Å². The number of nitrogens with zero attached hydrogens (tertiary/aromatic N) is 3. The largest absolute Gasteiger partial charge is 0.286 e. The van der Waals surface area contributed by atoms with Crippen molar-refractivity contribution in [1.29, 1.82) is 0 Å². The number of benzene rings is 1. The number of aromatic nitrogens is 1. The molecule has 1 aliphatic heterocycles. The third kappa shape index (κ3) is 2.47. The van der Waals surface area contributed by atoms with Crippen molar-refractivity contribution in [2.75, 3.05) is 11.6 Å². The Morgan fingerprint density at radius 3 is 2.73 bits per heavy atom. The van der Waals surface area contributed by atoms with E-state index in [2.05, 4.69) is 14.8 Å². The maximum absolute atomic E-state index is 12.4. The SMILES string of the molecule is CCNN1C(c2ccccn2)=NS(=O)(=O)c2cccc(Cl)c21. The average Bonchev–Trinajstić information content (AvgIpc) is 2.51. The molecule has 0 bridgehead atoms. The van der Waals surface area contributed by atoms with Crippen molar-refractivity contribution in [3.63, 3.8) is 0 Å². The molecule has 0 spiro atoms. The van der Waals surface area contributed by atoms with Crippen molar-refractivity contribution >= 4 is 33.1 Å². The highest BCUT2D eigenvalue weighted by molar-refractivity contribution is 7.90.